The van der Waals surface area contributed by atoms with Crippen LogP contribution in [0, 0.1) is 0 Å². The molecule has 11 heteroatoms. The standard InChI is InChI=1S/C11H14N2O.C10H12N2O2.CH3ClO2S/c1-4-8-5-6-9-10(7-8)13(3)11(14)12(9)2;1-11-8-4-3-7(6-13)5-9(8)12(2)10(11)14;1-5(2,3)4/h5-7H,4H2,1-3H3;3-5,13H,6H2,1-2H3;1H3. The molecule has 4 aromatic rings. The van der Waals surface area contributed by atoms with E-state index >= 15 is 0 Å². The molecule has 2 aromatic heterocycles. The number of hydrogen-bond donors (Lipinski definition) is 1. The van der Waals surface area contributed by atoms with Crippen molar-refractivity contribution in [1.29, 1.82) is 0 Å². The molecule has 0 fully saturated rings. The van der Waals surface area contributed by atoms with Gasteiger partial charge in [-0.1, -0.05) is 19.1 Å². The fourth-order valence-corrected chi connectivity index (χ4v) is 3.42. The third kappa shape index (κ3) is 6.16. The molecule has 2 heterocycles. The minimum Gasteiger partial charge on any atom is -0.392 e. The van der Waals surface area contributed by atoms with Crippen molar-refractivity contribution in [3.8, 4) is 0 Å². The van der Waals surface area contributed by atoms with E-state index in [4.69, 9.17) is 5.11 Å². The summed E-state index contributed by atoms with van der Waals surface area (Å²) < 4.78 is 25.3. The number of aliphatic hydroxyl groups is 1. The number of aromatic nitrogens is 4. The van der Waals surface area contributed by atoms with Crippen LogP contribution in [0.3, 0.4) is 0 Å². The van der Waals surface area contributed by atoms with Gasteiger partial charge in [0.25, 0.3) is 0 Å². The van der Waals surface area contributed by atoms with E-state index in [0.717, 1.165) is 40.3 Å². The average Bonchev–Trinajstić information content (AvgIpc) is 3.12. The first-order valence-corrected chi connectivity index (χ1v) is 12.8. The Morgan fingerprint density at radius 3 is 1.45 bits per heavy atom. The van der Waals surface area contributed by atoms with Crippen LogP contribution < -0.4 is 11.4 Å². The summed E-state index contributed by atoms with van der Waals surface area (Å²) in [6.45, 7) is 2.11. The van der Waals surface area contributed by atoms with Crippen molar-refractivity contribution in [2.75, 3.05) is 6.26 Å². The number of aryl methyl sites for hydroxylation is 5. The molecule has 0 aliphatic carbocycles. The molecule has 0 unspecified atom stereocenters. The van der Waals surface area contributed by atoms with Crippen molar-refractivity contribution < 1.29 is 13.5 Å². The maximum absolute atomic E-state index is 11.6. The SMILES string of the molecule is CCc1ccc2c(c1)n(C)c(=O)n2C.CS(=O)(=O)Cl.Cn1c(=O)n(C)c2cc(CO)ccc21. The van der Waals surface area contributed by atoms with Crippen LogP contribution in [0.2, 0.25) is 0 Å². The number of rotatable bonds is 2. The van der Waals surface area contributed by atoms with Gasteiger partial charge in [-0.05, 0) is 41.8 Å². The van der Waals surface area contributed by atoms with Crippen LogP contribution >= 0.6 is 10.7 Å². The van der Waals surface area contributed by atoms with E-state index in [9.17, 15) is 18.0 Å². The van der Waals surface area contributed by atoms with Crippen molar-refractivity contribution in [2.45, 2.75) is 20.0 Å². The third-order valence-corrected chi connectivity index (χ3v) is 5.26. The van der Waals surface area contributed by atoms with Crippen molar-refractivity contribution in [1.82, 2.24) is 18.3 Å². The summed E-state index contributed by atoms with van der Waals surface area (Å²) in [6, 6.07) is 11.7. The Kier molecular flexibility index (Phi) is 8.34. The Labute approximate surface area is 196 Å². The maximum atomic E-state index is 11.6. The molecule has 180 valence electrons. The molecular formula is C22H29ClN4O5S. The maximum Gasteiger partial charge on any atom is 0.328 e. The molecule has 2 aromatic carbocycles. The highest BCUT2D eigenvalue weighted by Gasteiger charge is 2.08. The van der Waals surface area contributed by atoms with E-state index in [1.165, 1.54) is 5.56 Å². The lowest BCUT2D eigenvalue weighted by atomic mass is 10.1. The first-order valence-electron chi connectivity index (χ1n) is 10.1. The van der Waals surface area contributed by atoms with Gasteiger partial charge >= 0.3 is 11.4 Å². The second-order valence-electron chi connectivity index (χ2n) is 7.64. The molecule has 0 spiro atoms. The molecule has 0 saturated carbocycles. The van der Waals surface area contributed by atoms with Gasteiger partial charge < -0.3 is 5.11 Å². The van der Waals surface area contributed by atoms with Gasteiger partial charge in [-0.25, -0.2) is 18.0 Å². The number of nitrogens with zero attached hydrogens (tertiary/aromatic N) is 4. The lowest BCUT2D eigenvalue weighted by Crippen LogP contribution is -2.19. The van der Waals surface area contributed by atoms with E-state index in [1.807, 2.05) is 31.3 Å². The predicted octanol–water partition coefficient (Wildman–Crippen LogP) is 1.99. The zero-order valence-corrected chi connectivity index (χ0v) is 21.1. The summed E-state index contributed by atoms with van der Waals surface area (Å²) >= 11 is 0. The summed E-state index contributed by atoms with van der Waals surface area (Å²) in [7, 11) is 8.39. The van der Waals surface area contributed by atoms with Crippen LogP contribution in [-0.2, 0) is 50.3 Å². The lowest BCUT2D eigenvalue weighted by molar-refractivity contribution is 0.282. The Bertz CT molecular complexity index is 1400. The Balaban J connectivity index is 0.000000195. The average molecular weight is 497 g/mol. The summed E-state index contributed by atoms with van der Waals surface area (Å²) in [4.78, 5) is 23.2. The molecular weight excluding hydrogens is 468 g/mol. The topological polar surface area (TPSA) is 108 Å². The molecule has 4 rings (SSSR count). The minimum absolute atomic E-state index is 0.000967. The van der Waals surface area contributed by atoms with Crippen molar-refractivity contribution in [3.63, 3.8) is 0 Å². The molecule has 0 aliphatic heterocycles. The summed E-state index contributed by atoms with van der Waals surface area (Å²) in [5, 5.41) is 8.97. The number of fused-ring (bicyclic) bond motifs is 2. The Morgan fingerprint density at radius 1 is 0.758 bits per heavy atom. The highest BCUT2D eigenvalue weighted by molar-refractivity contribution is 8.13. The fourth-order valence-electron chi connectivity index (χ4n) is 3.42. The van der Waals surface area contributed by atoms with Gasteiger partial charge in [0.05, 0.1) is 34.9 Å². The van der Waals surface area contributed by atoms with Crippen LogP contribution in [-0.4, -0.2) is 38.0 Å². The van der Waals surface area contributed by atoms with Gasteiger partial charge in [-0.15, -0.1) is 0 Å². The number of imidazole rings is 2. The molecule has 9 nitrogen and oxygen atoms in total. The van der Waals surface area contributed by atoms with E-state index in [0.29, 0.717) is 0 Å². The second kappa shape index (κ2) is 10.4. The number of halogens is 1. The van der Waals surface area contributed by atoms with Gasteiger partial charge in [0, 0.05) is 38.9 Å². The number of benzene rings is 2. The number of hydrogen-bond acceptors (Lipinski definition) is 5. The van der Waals surface area contributed by atoms with Gasteiger partial charge in [0.1, 0.15) is 0 Å². The molecule has 0 amide bonds. The normalized spacial score (nSPS) is 11.2. The smallest absolute Gasteiger partial charge is 0.328 e. The second-order valence-corrected chi connectivity index (χ2v) is 10.7. The van der Waals surface area contributed by atoms with Crippen molar-refractivity contribution in [3.05, 3.63) is 68.5 Å². The van der Waals surface area contributed by atoms with E-state index in [-0.39, 0.29) is 18.0 Å². The molecule has 33 heavy (non-hydrogen) atoms. The highest BCUT2D eigenvalue weighted by Crippen LogP contribution is 2.14. The predicted molar refractivity (Wildman–Crippen MR) is 132 cm³/mol. The first kappa shape index (κ1) is 26.4. The van der Waals surface area contributed by atoms with Gasteiger partial charge in [0.15, 0.2) is 0 Å². The third-order valence-electron chi connectivity index (χ3n) is 5.26. The molecule has 0 atom stereocenters. The van der Waals surface area contributed by atoms with Crippen LogP contribution in [0.1, 0.15) is 18.1 Å². The Morgan fingerprint density at radius 2 is 1.09 bits per heavy atom. The van der Waals surface area contributed by atoms with Gasteiger partial charge in [-0.2, -0.15) is 0 Å². The Hall–Kier alpha value is -2.82. The fraction of sp³-hybridized carbons (Fsp3) is 0.364. The quantitative estimate of drug-likeness (QED) is 0.427. The molecule has 0 bridgehead atoms. The van der Waals surface area contributed by atoms with Crippen LogP contribution in [0.5, 0.6) is 0 Å². The molecule has 1 N–H and O–H groups in total. The van der Waals surface area contributed by atoms with E-state index < -0.39 is 9.05 Å². The lowest BCUT2D eigenvalue weighted by Gasteiger charge is -1.98. The minimum atomic E-state index is -3.19. The largest absolute Gasteiger partial charge is 0.392 e. The van der Waals surface area contributed by atoms with E-state index in [1.54, 1.807) is 39.4 Å². The summed E-state index contributed by atoms with van der Waals surface area (Å²) in [6.07, 6.45) is 1.92. The van der Waals surface area contributed by atoms with Crippen LogP contribution in [0.4, 0.5) is 0 Å². The molecule has 0 saturated heterocycles. The molecule has 0 radical (unpaired) electrons. The van der Waals surface area contributed by atoms with E-state index in [2.05, 4.69) is 29.7 Å². The summed E-state index contributed by atoms with van der Waals surface area (Å²) in [5.74, 6) is 0. The van der Waals surface area contributed by atoms with Gasteiger partial charge in [-0.3, -0.25) is 18.3 Å². The molecule has 0 aliphatic rings. The zero-order valence-electron chi connectivity index (χ0n) is 19.5. The first-order chi connectivity index (χ1) is 15.3. The highest BCUT2D eigenvalue weighted by atomic mass is 35.7. The van der Waals surface area contributed by atoms with Gasteiger partial charge in [0.2, 0.25) is 9.05 Å². The summed E-state index contributed by atoms with van der Waals surface area (Å²) in [5.41, 5.74) is 5.81. The van der Waals surface area contributed by atoms with Crippen molar-refractivity contribution >= 4 is 41.8 Å². The number of aliphatic hydroxyl groups excluding tert-OH is 1. The van der Waals surface area contributed by atoms with Crippen LogP contribution in [0.25, 0.3) is 22.1 Å². The monoisotopic (exact) mass is 496 g/mol. The van der Waals surface area contributed by atoms with Crippen molar-refractivity contribution in [2.24, 2.45) is 28.2 Å². The van der Waals surface area contributed by atoms with Crippen LogP contribution in [0.15, 0.2) is 46.0 Å². The zero-order chi connectivity index (χ0) is 25.1.